The second-order valence-electron chi connectivity index (χ2n) is 2.46. The Kier molecular flexibility index (Phi) is 1.55. The highest BCUT2D eigenvalue weighted by Gasteiger charge is 1.95. The molecule has 1 aromatic carbocycles. The molecule has 0 spiro atoms. The van der Waals surface area contributed by atoms with Crippen LogP contribution in [0.2, 0.25) is 0 Å². The number of benzene rings is 1. The van der Waals surface area contributed by atoms with Gasteiger partial charge in [-0.05, 0) is 29.8 Å². The van der Waals surface area contributed by atoms with Crippen LogP contribution in [0.25, 0.3) is 11.0 Å². The number of hydrogen-bond donors (Lipinski definition) is 1. The van der Waals surface area contributed by atoms with Gasteiger partial charge in [0.15, 0.2) is 0 Å². The zero-order chi connectivity index (χ0) is 8.39. The van der Waals surface area contributed by atoms with Gasteiger partial charge in [-0.2, -0.15) is 0 Å². The Balaban J connectivity index is 2.60. The zero-order valence-corrected chi connectivity index (χ0v) is 6.27. The lowest BCUT2D eigenvalue weighted by molar-refractivity contribution is 0.322. The fourth-order valence-corrected chi connectivity index (χ4v) is 1.13. The third-order valence-corrected chi connectivity index (χ3v) is 1.68. The van der Waals surface area contributed by atoms with Crippen molar-refractivity contribution in [1.82, 2.24) is 0 Å². The molecular weight excluding hydrogens is 154 g/mol. The van der Waals surface area contributed by atoms with Gasteiger partial charge in [-0.1, -0.05) is 5.16 Å². The predicted octanol–water partition coefficient (Wildman–Crippen LogP) is 2.24. The molecule has 3 heteroatoms. The second kappa shape index (κ2) is 2.70. The minimum Gasteiger partial charge on any atom is -0.464 e. The Labute approximate surface area is 68.9 Å². The predicted molar refractivity (Wildman–Crippen MR) is 45.6 cm³/mol. The molecule has 0 saturated carbocycles. The molecule has 0 aliphatic carbocycles. The summed E-state index contributed by atoms with van der Waals surface area (Å²) in [6.45, 7) is 0. The highest BCUT2D eigenvalue weighted by Crippen LogP contribution is 2.15. The normalized spacial score (nSPS) is 11.3. The molecule has 60 valence electrons. The molecule has 0 fully saturated rings. The van der Waals surface area contributed by atoms with Crippen LogP contribution in [0.1, 0.15) is 5.56 Å². The summed E-state index contributed by atoms with van der Waals surface area (Å²) in [5, 5.41) is 12.2. The fourth-order valence-electron chi connectivity index (χ4n) is 1.13. The average molecular weight is 161 g/mol. The Morgan fingerprint density at radius 2 is 2.25 bits per heavy atom. The molecule has 2 aromatic rings. The van der Waals surface area contributed by atoms with Gasteiger partial charge in [0, 0.05) is 5.39 Å². The highest BCUT2D eigenvalue weighted by atomic mass is 16.4. The number of fused-ring (bicyclic) bond motifs is 1. The van der Waals surface area contributed by atoms with Crippen LogP contribution >= 0.6 is 0 Å². The molecule has 0 saturated heterocycles. The molecule has 0 aliphatic heterocycles. The maximum Gasteiger partial charge on any atom is 0.133 e. The third-order valence-electron chi connectivity index (χ3n) is 1.68. The monoisotopic (exact) mass is 161 g/mol. The SMILES string of the molecule is O/N=C\c1ccc2occc2c1. The lowest BCUT2D eigenvalue weighted by Crippen LogP contribution is -1.78. The first-order valence-corrected chi connectivity index (χ1v) is 3.55. The first-order valence-electron chi connectivity index (χ1n) is 3.55. The number of nitrogens with zero attached hydrogens (tertiary/aromatic N) is 1. The standard InChI is InChI=1S/C9H7NO2/c11-10-6-7-1-2-9-8(5-7)3-4-12-9/h1-6,11H/b10-6-. The lowest BCUT2D eigenvalue weighted by Gasteiger charge is -1.90. The largest absolute Gasteiger partial charge is 0.464 e. The minimum absolute atomic E-state index is 0.838. The Morgan fingerprint density at radius 1 is 1.33 bits per heavy atom. The smallest absolute Gasteiger partial charge is 0.133 e. The Morgan fingerprint density at radius 3 is 3.08 bits per heavy atom. The lowest BCUT2D eigenvalue weighted by atomic mass is 10.2. The van der Waals surface area contributed by atoms with Gasteiger partial charge in [0.2, 0.25) is 0 Å². The van der Waals surface area contributed by atoms with E-state index in [2.05, 4.69) is 5.16 Å². The summed E-state index contributed by atoms with van der Waals surface area (Å²) in [6.07, 6.45) is 3.01. The van der Waals surface area contributed by atoms with Crippen molar-refractivity contribution in [2.45, 2.75) is 0 Å². The van der Waals surface area contributed by atoms with Crippen LogP contribution in [0, 0.1) is 0 Å². The molecular formula is C9H7NO2. The Hall–Kier alpha value is -1.77. The number of furan rings is 1. The molecule has 0 unspecified atom stereocenters. The zero-order valence-electron chi connectivity index (χ0n) is 6.27. The van der Waals surface area contributed by atoms with E-state index < -0.39 is 0 Å². The van der Waals surface area contributed by atoms with Crippen LogP contribution in [0.3, 0.4) is 0 Å². The topological polar surface area (TPSA) is 45.7 Å². The number of hydrogen-bond acceptors (Lipinski definition) is 3. The van der Waals surface area contributed by atoms with Gasteiger partial charge >= 0.3 is 0 Å². The van der Waals surface area contributed by atoms with Crippen molar-refractivity contribution < 1.29 is 9.62 Å². The van der Waals surface area contributed by atoms with E-state index in [1.807, 2.05) is 24.3 Å². The first kappa shape index (κ1) is 6.91. The van der Waals surface area contributed by atoms with Crippen molar-refractivity contribution in [2.75, 3.05) is 0 Å². The van der Waals surface area contributed by atoms with E-state index >= 15 is 0 Å². The summed E-state index contributed by atoms with van der Waals surface area (Å²) in [7, 11) is 0. The van der Waals surface area contributed by atoms with Crippen LogP contribution in [-0.4, -0.2) is 11.4 Å². The van der Waals surface area contributed by atoms with Gasteiger partial charge in [-0.25, -0.2) is 0 Å². The molecule has 1 aromatic heterocycles. The number of rotatable bonds is 1. The second-order valence-corrected chi connectivity index (χ2v) is 2.46. The van der Waals surface area contributed by atoms with Crippen LogP contribution < -0.4 is 0 Å². The molecule has 0 aliphatic rings. The molecule has 12 heavy (non-hydrogen) atoms. The van der Waals surface area contributed by atoms with E-state index in [0.717, 1.165) is 16.5 Å². The van der Waals surface area contributed by atoms with Crippen molar-refractivity contribution in [2.24, 2.45) is 5.16 Å². The summed E-state index contributed by atoms with van der Waals surface area (Å²) in [5.74, 6) is 0. The molecule has 0 radical (unpaired) electrons. The highest BCUT2D eigenvalue weighted by molar-refractivity contribution is 5.87. The minimum atomic E-state index is 0.838. The first-order chi connectivity index (χ1) is 5.90. The molecule has 0 amide bonds. The third kappa shape index (κ3) is 1.05. The molecule has 1 N–H and O–H groups in total. The molecule has 3 nitrogen and oxygen atoms in total. The van der Waals surface area contributed by atoms with Crippen molar-refractivity contribution >= 4 is 17.2 Å². The van der Waals surface area contributed by atoms with Gasteiger partial charge < -0.3 is 9.62 Å². The van der Waals surface area contributed by atoms with E-state index in [9.17, 15) is 0 Å². The van der Waals surface area contributed by atoms with Crippen molar-refractivity contribution in [3.05, 3.63) is 36.1 Å². The quantitative estimate of drug-likeness (QED) is 0.396. The van der Waals surface area contributed by atoms with Gasteiger partial charge in [-0.15, -0.1) is 0 Å². The summed E-state index contributed by atoms with van der Waals surface area (Å²) in [5.41, 5.74) is 1.69. The van der Waals surface area contributed by atoms with E-state index in [-0.39, 0.29) is 0 Å². The van der Waals surface area contributed by atoms with Crippen molar-refractivity contribution in [1.29, 1.82) is 0 Å². The van der Waals surface area contributed by atoms with Crippen LogP contribution in [0.4, 0.5) is 0 Å². The van der Waals surface area contributed by atoms with E-state index in [0.29, 0.717) is 0 Å². The summed E-state index contributed by atoms with van der Waals surface area (Å²) >= 11 is 0. The van der Waals surface area contributed by atoms with Gasteiger partial charge in [0.1, 0.15) is 5.58 Å². The summed E-state index contributed by atoms with van der Waals surface area (Å²) in [4.78, 5) is 0. The van der Waals surface area contributed by atoms with E-state index in [1.54, 1.807) is 6.26 Å². The molecule has 0 atom stereocenters. The van der Waals surface area contributed by atoms with Gasteiger partial charge in [-0.3, -0.25) is 0 Å². The van der Waals surface area contributed by atoms with Gasteiger partial charge in [0.25, 0.3) is 0 Å². The van der Waals surface area contributed by atoms with E-state index in [1.165, 1.54) is 6.21 Å². The molecule has 2 rings (SSSR count). The maximum atomic E-state index is 8.29. The summed E-state index contributed by atoms with van der Waals surface area (Å²) in [6, 6.07) is 7.42. The van der Waals surface area contributed by atoms with Crippen LogP contribution in [0.15, 0.2) is 40.1 Å². The number of oxime groups is 1. The summed E-state index contributed by atoms with van der Waals surface area (Å²) < 4.78 is 5.14. The fraction of sp³-hybridized carbons (Fsp3) is 0. The van der Waals surface area contributed by atoms with Gasteiger partial charge in [0.05, 0.1) is 12.5 Å². The molecule has 0 bridgehead atoms. The average Bonchev–Trinajstić information content (AvgIpc) is 2.51. The van der Waals surface area contributed by atoms with Crippen molar-refractivity contribution in [3.8, 4) is 0 Å². The molecule has 1 heterocycles. The maximum absolute atomic E-state index is 8.29. The Bertz CT molecular complexity index is 417. The van der Waals surface area contributed by atoms with Crippen LogP contribution in [0.5, 0.6) is 0 Å². The van der Waals surface area contributed by atoms with Crippen molar-refractivity contribution in [3.63, 3.8) is 0 Å². The van der Waals surface area contributed by atoms with Crippen LogP contribution in [-0.2, 0) is 0 Å². The van der Waals surface area contributed by atoms with E-state index in [4.69, 9.17) is 9.62 Å².